The molecule has 0 fully saturated rings. The van der Waals surface area contributed by atoms with Crippen LogP contribution < -0.4 is 4.90 Å². The van der Waals surface area contributed by atoms with Gasteiger partial charge in [0.25, 0.3) is 0 Å². The molecule has 0 unspecified atom stereocenters. The second-order valence-corrected chi connectivity index (χ2v) is 2.92. The van der Waals surface area contributed by atoms with Crippen LogP contribution in [-0.2, 0) is 4.79 Å². The first-order valence-electron chi connectivity index (χ1n) is 4.50. The van der Waals surface area contributed by atoms with Crippen molar-refractivity contribution in [1.82, 2.24) is 4.98 Å². The molecule has 0 saturated heterocycles. The van der Waals surface area contributed by atoms with Crippen LogP contribution in [0.1, 0.15) is 12.5 Å². The van der Waals surface area contributed by atoms with Gasteiger partial charge in [0.15, 0.2) is 0 Å². The fourth-order valence-corrected chi connectivity index (χ4v) is 1.18. The van der Waals surface area contributed by atoms with Crippen molar-refractivity contribution in [3.8, 4) is 6.07 Å². The Hall–Kier alpha value is -2.09. The summed E-state index contributed by atoms with van der Waals surface area (Å²) >= 11 is 0. The summed E-state index contributed by atoms with van der Waals surface area (Å²) in [5.41, 5.74) is 0.476. The maximum absolute atomic E-state index is 10.6. The Morgan fingerprint density at radius 3 is 3.00 bits per heavy atom. The van der Waals surface area contributed by atoms with E-state index in [2.05, 4.69) is 4.98 Å². The van der Waals surface area contributed by atoms with E-state index in [1.807, 2.05) is 13.0 Å². The molecule has 0 atom stereocenters. The van der Waals surface area contributed by atoms with E-state index in [0.29, 0.717) is 17.9 Å². The SMILES string of the molecule is CCN(CC(=O)O)c1cc(C#N)ccn1. The zero-order valence-corrected chi connectivity index (χ0v) is 8.34. The van der Waals surface area contributed by atoms with Gasteiger partial charge in [-0.05, 0) is 19.1 Å². The first kappa shape index (κ1) is 11.0. The number of nitriles is 1. The van der Waals surface area contributed by atoms with Gasteiger partial charge < -0.3 is 10.0 Å². The van der Waals surface area contributed by atoms with Crippen molar-refractivity contribution in [2.45, 2.75) is 6.92 Å². The molecule has 0 radical (unpaired) electrons. The van der Waals surface area contributed by atoms with Gasteiger partial charge >= 0.3 is 5.97 Å². The first-order chi connectivity index (χ1) is 7.17. The molecule has 78 valence electrons. The molecule has 1 N–H and O–H groups in total. The van der Waals surface area contributed by atoms with Crippen molar-refractivity contribution in [2.24, 2.45) is 0 Å². The van der Waals surface area contributed by atoms with Gasteiger partial charge in [-0.3, -0.25) is 4.79 Å². The van der Waals surface area contributed by atoms with Gasteiger partial charge in [0.1, 0.15) is 12.4 Å². The van der Waals surface area contributed by atoms with Gasteiger partial charge in [-0.2, -0.15) is 5.26 Å². The van der Waals surface area contributed by atoms with Crippen molar-refractivity contribution >= 4 is 11.8 Å². The maximum atomic E-state index is 10.6. The number of hydrogen-bond donors (Lipinski definition) is 1. The molecule has 0 amide bonds. The molecule has 5 nitrogen and oxygen atoms in total. The van der Waals surface area contributed by atoms with Crippen LogP contribution in [0.5, 0.6) is 0 Å². The van der Waals surface area contributed by atoms with E-state index in [4.69, 9.17) is 10.4 Å². The number of nitrogens with zero attached hydrogens (tertiary/aromatic N) is 3. The van der Waals surface area contributed by atoms with Crippen LogP contribution in [0, 0.1) is 11.3 Å². The molecular weight excluding hydrogens is 194 g/mol. The van der Waals surface area contributed by atoms with Crippen LogP contribution in [0.4, 0.5) is 5.82 Å². The van der Waals surface area contributed by atoms with Crippen molar-refractivity contribution in [3.63, 3.8) is 0 Å². The number of anilines is 1. The highest BCUT2D eigenvalue weighted by atomic mass is 16.4. The highest BCUT2D eigenvalue weighted by molar-refractivity contribution is 5.73. The summed E-state index contributed by atoms with van der Waals surface area (Å²) in [6.07, 6.45) is 1.50. The highest BCUT2D eigenvalue weighted by Crippen LogP contribution is 2.11. The number of carbonyl (C=O) groups is 1. The standard InChI is InChI=1S/C10H11N3O2/c1-2-13(7-10(14)15)9-5-8(6-11)3-4-12-9/h3-5H,2,7H2,1H3,(H,14,15). The minimum absolute atomic E-state index is 0.113. The lowest BCUT2D eigenvalue weighted by Crippen LogP contribution is -2.30. The number of rotatable bonds is 4. The van der Waals surface area contributed by atoms with Gasteiger partial charge in [0.2, 0.25) is 0 Å². The second-order valence-electron chi connectivity index (χ2n) is 2.92. The molecule has 5 heteroatoms. The number of carboxylic acid groups (broad SMARTS) is 1. The quantitative estimate of drug-likeness (QED) is 0.788. The predicted molar refractivity (Wildman–Crippen MR) is 54.5 cm³/mol. The Balaban J connectivity index is 2.92. The number of likely N-dealkylation sites (N-methyl/N-ethyl adjacent to an activating group) is 1. The molecule has 0 aromatic carbocycles. The molecule has 1 aromatic rings. The number of aromatic nitrogens is 1. The van der Waals surface area contributed by atoms with Gasteiger partial charge in [0.05, 0.1) is 11.6 Å². The molecule has 1 rings (SSSR count). The summed E-state index contributed by atoms with van der Waals surface area (Å²) in [7, 11) is 0. The van der Waals surface area contributed by atoms with Crippen molar-refractivity contribution < 1.29 is 9.90 Å². The Morgan fingerprint density at radius 2 is 2.47 bits per heavy atom. The fraction of sp³-hybridized carbons (Fsp3) is 0.300. The maximum Gasteiger partial charge on any atom is 0.323 e. The van der Waals surface area contributed by atoms with Crippen LogP contribution >= 0.6 is 0 Å². The normalized spacial score (nSPS) is 9.33. The summed E-state index contributed by atoms with van der Waals surface area (Å²) in [4.78, 5) is 16.2. The Bertz CT molecular complexity index is 398. The van der Waals surface area contributed by atoms with Crippen LogP contribution in [0.2, 0.25) is 0 Å². The summed E-state index contributed by atoms with van der Waals surface area (Å²) in [6, 6.07) is 5.14. The monoisotopic (exact) mass is 205 g/mol. The molecule has 0 aliphatic heterocycles. The van der Waals surface area contributed by atoms with E-state index >= 15 is 0 Å². The van der Waals surface area contributed by atoms with E-state index in [1.165, 1.54) is 6.20 Å². The topological polar surface area (TPSA) is 77.2 Å². The molecule has 0 bridgehead atoms. The lowest BCUT2D eigenvalue weighted by Gasteiger charge is -2.19. The Morgan fingerprint density at radius 1 is 1.73 bits per heavy atom. The molecule has 0 spiro atoms. The van der Waals surface area contributed by atoms with Gasteiger partial charge in [-0.25, -0.2) is 4.98 Å². The van der Waals surface area contributed by atoms with Crippen molar-refractivity contribution in [2.75, 3.05) is 18.0 Å². The molecule has 0 aliphatic carbocycles. The lowest BCUT2D eigenvalue weighted by atomic mass is 10.3. The average Bonchev–Trinajstić information content (AvgIpc) is 2.25. The van der Waals surface area contributed by atoms with Gasteiger partial charge in [-0.15, -0.1) is 0 Å². The van der Waals surface area contributed by atoms with E-state index < -0.39 is 5.97 Å². The number of pyridine rings is 1. The summed E-state index contributed by atoms with van der Waals surface area (Å²) in [5, 5.41) is 17.4. The van der Waals surface area contributed by atoms with Crippen LogP contribution in [0.3, 0.4) is 0 Å². The molecule has 0 saturated carbocycles. The van der Waals surface area contributed by atoms with E-state index in [9.17, 15) is 4.79 Å². The van der Waals surface area contributed by atoms with Gasteiger partial charge in [-0.1, -0.05) is 0 Å². The Kier molecular flexibility index (Phi) is 3.63. The first-order valence-corrected chi connectivity index (χ1v) is 4.50. The minimum atomic E-state index is -0.916. The van der Waals surface area contributed by atoms with E-state index in [-0.39, 0.29) is 6.54 Å². The summed E-state index contributed by atoms with van der Waals surface area (Å²) in [6.45, 7) is 2.26. The zero-order chi connectivity index (χ0) is 11.3. The molecular formula is C10H11N3O2. The summed E-state index contributed by atoms with van der Waals surface area (Å²) < 4.78 is 0. The number of hydrogen-bond acceptors (Lipinski definition) is 4. The molecule has 15 heavy (non-hydrogen) atoms. The smallest absolute Gasteiger partial charge is 0.323 e. The van der Waals surface area contributed by atoms with E-state index in [0.717, 1.165) is 0 Å². The third-order valence-electron chi connectivity index (χ3n) is 1.91. The van der Waals surface area contributed by atoms with Crippen LogP contribution in [0.15, 0.2) is 18.3 Å². The number of carboxylic acids is 1. The van der Waals surface area contributed by atoms with Gasteiger partial charge in [0, 0.05) is 12.7 Å². The third kappa shape index (κ3) is 2.95. The van der Waals surface area contributed by atoms with Crippen molar-refractivity contribution in [1.29, 1.82) is 5.26 Å². The second kappa shape index (κ2) is 4.96. The molecule has 0 aliphatic rings. The van der Waals surface area contributed by atoms with Crippen LogP contribution in [-0.4, -0.2) is 29.1 Å². The zero-order valence-electron chi connectivity index (χ0n) is 8.34. The highest BCUT2D eigenvalue weighted by Gasteiger charge is 2.09. The molecule has 1 heterocycles. The lowest BCUT2D eigenvalue weighted by molar-refractivity contribution is -0.135. The largest absolute Gasteiger partial charge is 0.480 e. The third-order valence-corrected chi connectivity index (χ3v) is 1.91. The predicted octanol–water partition coefficient (Wildman–Crippen LogP) is 0.864. The minimum Gasteiger partial charge on any atom is -0.480 e. The number of aliphatic carboxylic acids is 1. The fourth-order valence-electron chi connectivity index (χ4n) is 1.18. The van der Waals surface area contributed by atoms with Crippen molar-refractivity contribution in [3.05, 3.63) is 23.9 Å². The average molecular weight is 205 g/mol. The Labute approximate surface area is 87.6 Å². The molecule has 1 aromatic heterocycles. The van der Waals surface area contributed by atoms with Crippen LogP contribution in [0.25, 0.3) is 0 Å². The summed E-state index contributed by atoms with van der Waals surface area (Å²) in [5.74, 6) is -0.403. The van der Waals surface area contributed by atoms with E-state index in [1.54, 1.807) is 17.0 Å².